The lowest BCUT2D eigenvalue weighted by molar-refractivity contribution is -0.125. The van der Waals surface area contributed by atoms with Crippen molar-refractivity contribution in [2.45, 2.75) is 12.3 Å². The first kappa shape index (κ1) is 17.5. The molecule has 0 spiro atoms. The van der Waals surface area contributed by atoms with Gasteiger partial charge in [-0.1, -0.05) is 53.5 Å². The number of carbonyl (C=O) groups is 2. The maximum absolute atomic E-state index is 13.6. The van der Waals surface area contributed by atoms with Crippen LogP contribution in [0.2, 0.25) is 10.0 Å². The summed E-state index contributed by atoms with van der Waals surface area (Å²) in [5.74, 6) is -0.484. The molecule has 6 heteroatoms. The van der Waals surface area contributed by atoms with Gasteiger partial charge in [0.2, 0.25) is 11.8 Å². The standard InChI is InChI=1S/C22H15Cl2NO3/c1-21-18(19(26)25(20(21)27)16-11-14(23)10-15(24)12-16)22(21,17-8-5-9-28-17)13-6-3-2-4-7-13/h2-12,18H,1H3/t18-,21-,22+/m1/s1. The Morgan fingerprint density at radius 2 is 1.64 bits per heavy atom. The second-order valence-corrected chi connectivity index (χ2v) is 8.27. The first-order valence-corrected chi connectivity index (χ1v) is 9.62. The molecule has 1 aliphatic heterocycles. The molecule has 2 aromatic carbocycles. The van der Waals surface area contributed by atoms with E-state index in [1.807, 2.05) is 43.3 Å². The van der Waals surface area contributed by atoms with Crippen molar-refractivity contribution in [3.8, 4) is 0 Å². The highest BCUT2D eigenvalue weighted by molar-refractivity contribution is 6.36. The number of hydrogen-bond donors (Lipinski definition) is 0. The van der Waals surface area contributed by atoms with Gasteiger partial charge in [-0.15, -0.1) is 0 Å². The predicted molar refractivity (Wildman–Crippen MR) is 106 cm³/mol. The lowest BCUT2D eigenvalue weighted by atomic mass is 9.82. The third kappa shape index (κ3) is 1.97. The summed E-state index contributed by atoms with van der Waals surface area (Å²) in [7, 11) is 0. The van der Waals surface area contributed by atoms with Crippen molar-refractivity contribution in [3.05, 3.63) is 88.3 Å². The van der Waals surface area contributed by atoms with Crippen LogP contribution in [0.15, 0.2) is 71.3 Å². The molecule has 0 bridgehead atoms. The molecule has 2 heterocycles. The summed E-state index contributed by atoms with van der Waals surface area (Å²) in [5, 5.41) is 0.739. The smallest absolute Gasteiger partial charge is 0.241 e. The summed E-state index contributed by atoms with van der Waals surface area (Å²) in [4.78, 5) is 28.2. The third-order valence-electron chi connectivity index (χ3n) is 6.11. The average Bonchev–Trinajstić information content (AvgIpc) is 2.96. The number of anilines is 1. The number of imide groups is 1. The fourth-order valence-electron chi connectivity index (χ4n) is 4.93. The molecule has 1 saturated heterocycles. The Morgan fingerprint density at radius 3 is 2.18 bits per heavy atom. The molecule has 0 unspecified atom stereocenters. The zero-order valence-electron chi connectivity index (χ0n) is 14.9. The van der Waals surface area contributed by atoms with Gasteiger partial charge < -0.3 is 4.42 Å². The van der Waals surface area contributed by atoms with Gasteiger partial charge in [0.15, 0.2) is 0 Å². The Balaban J connectivity index is 1.67. The van der Waals surface area contributed by atoms with Gasteiger partial charge in [0.05, 0.1) is 28.7 Å². The van der Waals surface area contributed by atoms with E-state index >= 15 is 0 Å². The lowest BCUT2D eigenvalue weighted by Gasteiger charge is -2.27. The molecule has 0 radical (unpaired) electrons. The maximum atomic E-state index is 13.6. The second-order valence-electron chi connectivity index (χ2n) is 7.39. The van der Waals surface area contributed by atoms with E-state index < -0.39 is 16.7 Å². The number of fused-ring (bicyclic) bond motifs is 1. The zero-order valence-corrected chi connectivity index (χ0v) is 16.4. The van der Waals surface area contributed by atoms with E-state index in [4.69, 9.17) is 27.6 Å². The quantitative estimate of drug-likeness (QED) is 0.564. The Labute approximate surface area is 171 Å². The van der Waals surface area contributed by atoms with E-state index in [-0.39, 0.29) is 11.8 Å². The molecule has 28 heavy (non-hydrogen) atoms. The van der Waals surface area contributed by atoms with Crippen LogP contribution in [0.3, 0.4) is 0 Å². The van der Waals surface area contributed by atoms with Gasteiger partial charge in [0.25, 0.3) is 0 Å². The molecule has 1 aromatic heterocycles. The number of halogens is 2. The Hall–Kier alpha value is -2.56. The van der Waals surface area contributed by atoms with E-state index in [2.05, 4.69) is 0 Å². The second kappa shape index (κ2) is 5.72. The number of benzene rings is 2. The van der Waals surface area contributed by atoms with Crippen LogP contribution in [0.4, 0.5) is 5.69 Å². The summed E-state index contributed by atoms with van der Waals surface area (Å²) in [6.45, 7) is 1.83. The van der Waals surface area contributed by atoms with Crippen LogP contribution in [0.25, 0.3) is 0 Å². The van der Waals surface area contributed by atoms with Gasteiger partial charge in [-0.05, 0) is 42.8 Å². The molecule has 1 aliphatic carbocycles. The third-order valence-corrected chi connectivity index (χ3v) is 6.54. The highest BCUT2D eigenvalue weighted by Gasteiger charge is 2.88. The van der Waals surface area contributed by atoms with Gasteiger partial charge in [0, 0.05) is 10.0 Å². The van der Waals surface area contributed by atoms with Crippen molar-refractivity contribution in [2.24, 2.45) is 11.3 Å². The molecule has 0 N–H and O–H groups in total. The first-order chi connectivity index (χ1) is 13.4. The molecule has 3 atom stereocenters. The zero-order chi connectivity index (χ0) is 19.7. The highest BCUT2D eigenvalue weighted by Crippen LogP contribution is 2.76. The minimum absolute atomic E-state index is 0.272. The monoisotopic (exact) mass is 411 g/mol. The molecule has 140 valence electrons. The normalized spacial score (nSPS) is 28.5. The van der Waals surface area contributed by atoms with Crippen LogP contribution >= 0.6 is 23.2 Å². The summed E-state index contributed by atoms with van der Waals surface area (Å²) in [6.07, 6.45) is 1.57. The number of nitrogens with zero attached hydrogens (tertiary/aromatic N) is 1. The minimum atomic E-state index is -0.946. The van der Waals surface area contributed by atoms with Crippen LogP contribution in [0.5, 0.6) is 0 Å². The Kier molecular flexibility index (Phi) is 3.58. The van der Waals surface area contributed by atoms with Gasteiger partial charge in [-0.3, -0.25) is 9.59 Å². The highest BCUT2D eigenvalue weighted by atomic mass is 35.5. The predicted octanol–water partition coefficient (Wildman–Crippen LogP) is 5.08. The van der Waals surface area contributed by atoms with E-state index in [1.165, 1.54) is 4.90 Å². The summed E-state index contributed by atoms with van der Waals surface area (Å²) in [6, 6.07) is 17.9. The fraction of sp³-hybridized carbons (Fsp3) is 0.182. The first-order valence-electron chi connectivity index (χ1n) is 8.86. The molecule has 2 aliphatic rings. The minimum Gasteiger partial charge on any atom is -0.468 e. The van der Waals surface area contributed by atoms with E-state index in [0.29, 0.717) is 21.5 Å². The summed E-state index contributed by atoms with van der Waals surface area (Å²) < 4.78 is 5.73. The van der Waals surface area contributed by atoms with Crippen molar-refractivity contribution in [2.75, 3.05) is 4.90 Å². The molecular formula is C22H15Cl2NO3. The van der Waals surface area contributed by atoms with Gasteiger partial charge in [-0.25, -0.2) is 4.90 Å². The fourth-order valence-corrected chi connectivity index (χ4v) is 5.44. The molecule has 5 rings (SSSR count). The Bertz CT molecular complexity index is 1090. The number of hydrogen-bond acceptors (Lipinski definition) is 3. The van der Waals surface area contributed by atoms with Crippen LogP contribution in [-0.4, -0.2) is 11.8 Å². The summed E-state index contributed by atoms with van der Waals surface area (Å²) >= 11 is 12.2. The number of rotatable bonds is 3. The molecule has 1 saturated carbocycles. The Morgan fingerprint density at radius 1 is 0.964 bits per heavy atom. The average molecular weight is 412 g/mol. The molecule has 3 aromatic rings. The SMILES string of the molecule is C[C@]12C(=O)N(c3cc(Cl)cc(Cl)c3)C(=O)[C@H]1[C@]2(c1ccccc1)c1ccco1. The number of furan rings is 1. The van der Waals surface area contributed by atoms with Crippen molar-refractivity contribution in [1.29, 1.82) is 0 Å². The van der Waals surface area contributed by atoms with Crippen molar-refractivity contribution < 1.29 is 14.0 Å². The van der Waals surface area contributed by atoms with Gasteiger partial charge >= 0.3 is 0 Å². The van der Waals surface area contributed by atoms with Crippen molar-refractivity contribution in [3.63, 3.8) is 0 Å². The number of piperidine rings is 1. The number of carbonyl (C=O) groups excluding carboxylic acids is 2. The topological polar surface area (TPSA) is 50.5 Å². The van der Waals surface area contributed by atoms with E-state index in [1.54, 1.807) is 30.5 Å². The van der Waals surface area contributed by atoms with Crippen LogP contribution in [0, 0.1) is 11.3 Å². The van der Waals surface area contributed by atoms with Crippen LogP contribution in [0.1, 0.15) is 18.2 Å². The lowest BCUT2D eigenvalue weighted by Crippen LogP contribution is -2.42. The largest absolute Gasteiger partial charge is 0.468 e. The summed E-state index contributed by atoms with van der Waals surface area (Å²) in [5.41, 5.74) is -0.478. The molecule has 2 amide bonds. The van der Waals surface area contributed by atoms with Crippen LogP contribution < -0.4 is 4.90 Å². The van der Waals surface area contributed by atoms with Gasteiger partial charge in [0.1, 0.15) is 5.76 Å². The molecule has 4 nitrogen and oxygen atoms in total. The number of amides is 2. The molecular weight excluding hydrogens is 397 g/mol. The molecule has 2 fully saturated rings. The van der Waals surface area contributed by atoms with Crippen LogP contribution in [-0.2, 0) is 15.0 Å². The van der Waals surface area contributed by atoms with E-state index in [0.717, 1.165) is 5.56 Å². The maximum Gasteiger partial charge on any atom is 0.241 e. The van der Waals surface area contributed by atoms with Crippen molar-refractivity contribution >= 4 is 40.7 Å². The van der Waals surface area contributed by atoms with Gasteiger partial charge in [-0.2, -0.15) is 0 Å². The van der Waals surface area contributed by atoms with E-state index in [9.17, 15) is 9.59 Å². The van der Waals surface area contributed by atoms with Crippen molar-refractivity contribution in [1.82, 2.24) is 0 Å².